The Hall–Kier alpha value is -3.21. The lowest BCUT2D eigenvalue weighted by molar-refractivity contribution is 0.0600. The number of ether oxygens (including phenoxy) is 1. The van der Waals surface area contributed by atoms with Gasteiger partial charge < -0.3 is 9.14 Å². The third-order valence-electron chi connectivity index (χ3n) is 4.34. The van der Waals surface area contributed by atoms with Gasteiger partial charge >= 0.3 is 5.97 Å². The van der Waals surface area contributed by atoms with Crippen molar-refractivity contribution in [1.82, 2.24) is 4.40 Å². The molecule has 4 rings (SSSR count). The molecule has 0 saturated carbocycles. The first-order chi connectivity index (χ1) is 11.5. The van der Waals surface area contributed by atoms with Gasteiger partial charge in [-0.2, -0.15) is 0 Å². The molecule has 0 atom stereocenters. The molecule has 24 heavy (non-hydrogen) atoms. The van der Waals surface area contributed by atoms with E-state index < -0.39 is 5.97 Å². The van der Waals surface area contributed by atoms with E-state index in [4.69, 9.17) is 4.74 Å². The van der Waals surface area contributed by atoms with Gasteiger partial charge in [0.05, 0.1) is 23.8 Å². The Morgan fingerprint density at radius 2 is 1.71 bits per heavy atom. The zero-order valence-corrected chi connectivity index (χ0v) is 13.1. The molecular weight excluding hydrogens is 306 g/mol. The molecule has 0 N–H and O–H groups in total. The number of aryl methyl sites for hydroxylation is 1. The first-order valence-corrected chi connectivity index (χ1v) is 7.46. The highest BCUT2D eigenvalue weighted by molar-refractivity contribution is 6.31. The normalized spacial score (nSPS) is 12.9. The van der Waals surface area contributed by atoms with Gasteiger partial charge in [0.25, 0.3) is 0 Å². The Kier molecular flexibility index (Phi) is 2.93. The van der Waals surface area contributed by atoms with Crippen LogP contribution >= 0.6 is 0 Å². The molecule has 2 heterocycles. The summed E-state index contributed by atoms with van der Waals surface area (Å²) in [5.74, 6) is -1.23. The van der Waals surface area contributed by atoms with Crippen molar-refractivity contribution in [3.05, 3.63) is 76.1 Å². The number of aromatic nitrogens is 1. The fraction of sp³-hybridized carbons (Fsp3) is 0.105. The first-order valence-electron chi connectivity index (χ1n) is 7.46. The Morgan fingerprint density at radius 3 is 2.38 bits per heavy atom. The molecule has 5 nitrogen and oxygen atoms in total. The number of benzene rings is 1. The molecule has 1 aliphatic rings. The zero-order chi connectivity index (χ0) is 17.0. The third kappa shape index (κ3) is 1.72. The molecule has 5 heteroatoms. The lowest BCUT2D eigenvalue weighted by Crippen LogP contribution is -2.22. The standard InChI is InChI=1S/C19H13NO4/c1-10-7-8-20-13(9-10)14(19(23)24-2)15-16(20)18(22)12-6-4-3-5-11(12)17(15)21/h3-9H,1-2H3. The summed E-state index contributed by atoms with van der Waals surface area (Å²) >= 11 is 0. The number of nitrogens with zero attached hydrogens (tertiary/aromatic N) is 1. The molecular formula is C19H13NO4. The van der Waals surface area contributed by atoms with Gasteiger partial charge in [-0.1, -0.05) is 24.3 Å². The molecule has 0 aliphatic heterocycles. The van der Waals surface area contributed by atoms with Crippen molar-refractivity contribution < 1.29 is 19.1 Å². The van der Waals surface area contributed by atoms with E-state index in [1.165, 1.54) is 7.11 Å². The first kappa shape index (κ1) is 14.4. The second kappa shape index (κ2) is 4.89. The van der Waals surface area contributed by atoms with Gasteiger partial charge in [0.15, 0.2) is 5.78 Å². The molecule has 1 aliphatic carbocycles. The van der Waals surface area contributed by atoms with Crippen molar-refractivity contribution in [2.45, 2.75) is 6.92 Å². The largest absolute Gasteiger partial charge is 0.465 e. The highest BCUT2D eigenvalue weighted by Gasteiger charge is 2.38. The summed E-state index contributed by atoms with van der Waals surface area (Å²) in [6, 6.07) is 10.3. The lowest BCUT2D eigenvalue weighted by Gasteiger charge is -2.15. The number of hydrogen-bond donors (Lipinski definition) is 0. The zero-order valence-electron chi connectivity index (χ0n) is 13.1. The van der Waals surface area contributed by atoms with E-state index in [-0.39, 0.29) is 28.4 Å². The van der Waals surface area contributed by atoms with Crippen LogP contribution in [0.4, 0.5) is 0 Å². The van der Waals surface area contributed by atoms with Crippen LogP contribution in [0.25, 0.3) is 5.52 Å². The molecule has 0 spiro atoms. The molecule has 0 bridgehead atoms. The van der Waals surface area contributed by atoms with Crippen molar-refractivity contribution in [1.29, 1.82) is 0 Å². The minimum absolute atomic E-state index is 0.121. The van der Waals surface area contributed by atoms with Gasteiger partial charge in [-0.15, -0.1) is 0 Å². The minimum Gasteiger partial charge on any atom is -0.465 e. The van der Waals surface area contributed by atoms with Crippen LogP contribution in [0, 0.1) is 6.92 Å². The summed E-state index contributed by atoms with van der Waals surface area (Å²) < 4.78 is 6.47. The third-order valence-corrected chi connectivity index (χ3v) is 4.34. The smallest absolute Gasteiger partial charge is 0.340 e. The van der Waals surface area contributed by atoms with E-state index in [2.05, 4.69) is 0 Å². The van der Waals surface area contributed by atoms with Crippen LogP contribution in [-0.2, 0) is 4.74 Å². The molecule has 0 saturated heterocycles. The van der Waals surface area contributed by atoms with Gasteiger partial charge in [0.2, 0.25) is 5.78 Å². The topological polar surface area (TPSA) is 64.8 Å². The predicted molar refractivity (Wildman–Crippen MR) is 86.8 cm³/mol. The average molecular weight is 319 g/mol. The van der Waals surface area contributed by atoms with E-state index in [0.717, 1.165) is 5.56 Å². The van der Waals surface area contributed by atoms with Gasteiger partial charge in [0, 0.05) is 17.3 Å². The molecule has 0 radical (unpaired) electrons. The summed E-state index contributed by atoms with van der Waals surface area (Å²) in [4.78, 5) is 38.3. The average Bonchev–Trinajstić information content (AvgIpc) is 2.93. The second-order valence-electron chi connectivity index (χ2n) is 5.75. The summed E-state index contributed by atoms with van der Waals surface area (Å²) in [7, 11) is 1.26. The van der Waals surface area contributed by atoms with Gasteiger partial charge in [-0.25, -0.2) is 4.79 Å². The molecule has 1 aromatic carbocycles. The number of esters is 1. The molecule has 3 aromatic rings. The summed E-state index contributed by atoms with van der Waals surface area (Å²) in [5, 5.41) is 0. The van der Waals surface area contributed by atoms with Gasteiger partial charge in [0.1, 0.15) is 5.69 Å². The number of methoxy groups -OCH3 is 1. The fourth-order valence-electron chi connectivity index (χ4n) is 3.25. The van der Waals surface area contributed by atoms with Crippen molar-refractivity contribution in [3.8, 4) is 0 Å². The molecule has 0 fully saturated rings. The van der Waals surface area contributed by atoms with Gasteiger partial charge in [-0.05, 0) is 24.6 Å². The number of hydrogen-bond acceptors (Lipinski definition) is 4. The number of pyridine rings is 1. The maximum absolute atomic E-state index is 13.0. The molecule has 2 aromatic heterocycles. The number of carbonyl (C=O) groups is 3. The van der Waals surface area contributed by atoms with Crippen molar-refractivity contribution in [2.24, 2.45) is 0 Å². The SMILES string of the molecule is COC(=O)c1c2c(n3ccc(C)cc13)C(=O)c1ccccc1C2=O. The number of ketones is 2. The van der Waals surface area contributed by atoms with E-state index in [1.807, 2.05) is 13.0 Å². The number of carbonyl (C=O) groups excluding carboxylic acids is 3. The van der Waals surface area contributed by atoms with Gasteiger partial charge in [-0.3, -0.25) is 9.59 Å². The summed E-state index contributed by atoms with van der Waals surface area (Å²) in [6.07, 6.45) is 1.70. The minimum atomic E-state index is -0.625. The Labute approximate surface area is 137 Å². The molecule has 0 unspecified atom stereocenters. The maximum Gasteiger partial charge on any atom is 0.340 e. The summed E-state index contributed by atoms with van der Waals surface area (Å²) in [6.45, 7) is 1.88. The number of fused-ring (bicyclic) bond motifs is 4. The van der Waals surface area contributed by atoms with Crippen LogP contribution in [-0.4, -0.2) is 29.0 Å². The van der Waals surface area contributed by atoms with Crippen molar-refractivity contribution in [2.75, 3.05) is 7.11 Å². The van der Waals surface area contributed by atoms with Crippen LogP contribution in [0.3, 0.4) is 0 Å². The van der Waals surface area contributed by atoms with Crippen LogP contribution in [0.1, 0.15) is 47.9 Å². The highest BCUT2D eigenvalue weighted by Crippen LogP contribution is 2.34. The fourth-order valence-corrected chi connectivity index (χ4v) is 3.25. The summed E-state index contributed by atoms with van der Waals surface area (Å²) in [5.41, 5.74) is 2.56. The Balaban J connectivity index is 2.18. The quantitative estimate of drug-likeness (QED) is 0.506. The molecule has 118 valence electrons. The van der Waals surface area contributed by atoms with E-state index in [1.54, 1.807) is 40.9 Å². The predicted octanol–water partition coefficient (Wildman–Crippen LogP) is 2.81. The van der Waals surface area contributed by atoms with Crippen LogP contribution < -0.4 is 0 Å². The molecule has 0 amide bonds. The monoisotopic (exact) mass is 319 g/mol. The second-order valence-corrected chi connectivity index (χ2v) is 5.75. The highest BCUT2D eigenvalue weighted by atomic mass is 16.5. The van der Waals surface area contributed by atoms with E-state index in [0.29, 0.717) is 16.6 Å². The Bertz CT molecular complexity index is 1060. The lowest BCUT2D eigenvalue weighted by atomic mass is 9.86. The van der Waals surface area contributed by atoms with Crippen LogP contribution in [0.2, 0.25) is 0 Å². The maximum atomic E-state index is 13.0. The Morgan fingerprint density at radius 1 is 1.04 bits per heavy atom. The number of rotatable bonds is 1. The van der Waals surface area contributed by atoms with Crippen molar-refractivity contribution >= 4 is 23.1 Å². The van der Waals surface area contributed by atoms with Crippen LogP contribution in [0.15, 0.2) is 42.6 Å². The van der Waals surface area contributed by atoms with E-state index in [9.17, 15) is 14.4 Å². The van der Waals surface area contributed by atoms with Crippen molar-refractivity contribution in [3.63, 3.8) is 0 Å². The van der Waals surface area contributed by atoms with E-state index >= 15 is 0 Å². The van der Waals surface area contributed by atoms with Crippen LogP contribution in [0.5, 0.6) is 0 Å².